The Hall–Kier alpha value is -1.41. The van der Waals surface area contributed by atoms with Crippen molar-refractivity contribution in [3.05, 3.63) is 12.2 Å². The van der Waals surface area contributed by atoms with E-state index in [0.717, 1.165) is 31.8 Å². The second kappa shape index (κ2) is 11.2. The largest absolute Gasteiger partial charge is 0.478 e. The summed E-state index contributed by atoms with van der Waals surface area (Å²) < 4.78 is 35.7. The van der Waals surface area contributed by atoms with E-state index in [1.54, 1.807) is 0 Å². The Morgan fingerprint density at radius 3 is 2.26 bits per heavy atom. The Morgan fingerprint density at radius 1 is 1.13 bits per heavy atom. The van der Waals surface area contributed by atoms with Crippen molar-refractivity contribution in [1.29, 1.82) is 0 Å². The molecule has 0 radical (unpaired) electrons. The Kier molecular flexibility index (Phi) is 10.5. The number of carboxylic acid groups (broad SMARTS) is 1. The molecule has 0 aromatic carbocycles. The van der Waals surface area contributed by atoms with Gasteiger partial charge in [-0.2, -0.15) is 8.42 Å². The lowest BCUT2D eigenvalue weighted by Crippen LogP contribution is -2.27. The van der Waals surface area contributed by atoms with Crippen LogP contribution in [0.4, 0.5) is 0 Å². The van der Waals surface area contributed by atoms with Gasteiger partial charge in [0.05, 0.1) is 5.75 Å². The maximum absolute atomic E-state index is 11.7. The molecule has 0 bridgehead atoms. The van der Waals surface area contributed by atoms with E-state index in [0.29, 0.717) is 12.5 Å². The van der Waals surface area contributed by atoms with E-state index in [2.05, 4.69) is 0 Å². The first-order valence-electron chi connectivity index (χ1n) is 7.76. The van der Waals surface area contributed by atoms with Crippen molar-refractivity contribution in [2.45, 2.75) is 58.5 Å². The van der Waals surface area contributed by atoms with Gasteiger partial charge in [-0.05, 0) is 31.6 Å². The zero-order valence-electron chi connectivity index (χ0n) is 13.6. The van der Waals surface area contributed by atoms with Gasteiger partial charge in [-0.3, -0.25) is 4.55 Å². The van der Waals surface area contributed by atoms with Crippen LogP contribution in [-0.2, 0) is 24.4 Å². The smallest absolute Gasteiger partial charge is 0.331 e. The number of aliphatic carboxylic acids is 1. The molecule has 0 aliphatic heterocycles. The summed E-state index contributed by atoms with van der Waals surface area (Å²) in [6.45, 7) is 4.00. The maximum Gasteiger partial charge on any atom is 0.331 e. The molecule has 0 amide bonds. The summed E-state index contributed by atoms with van der Waals surface area (Å²) in [4.78, 5) is 22.1. The third-order valence-corrected chi connectivity index (χ3v) is 4.30. The van der Waals surface area contributed by atoms with Gasteiger partial charge in [0.25, 0.3) is 10.1 Å². The van der Waals surface area contributed by atoms with Crippen molar-refractivity contribution in [3.8, 4) is 0 Å². The van der Waals surface area contributed by atoms with Crippen LogP contribution < -0.4 is 0 Å². The molecule has 2 unspecified atom stereocenters. The van der Waals surface area contributed by atoms with Gasteiger partial charge < -0.3 is 9.84 Å². The molecule has 7 nitrogen and oxygen atoms in total. The highest BCUT2D eigenvalue weighted by atomic mass is 32.2. The minimum atomic E-state index is -4.05. The second-order valence-electron chi connectivity index (χ2n) is 5.39. The van der Waals surface area contributed by atoms with Gasteiger partial charge >= 0.3 is 11.9 Å². The molecular formula is C15H26O7S. The Balaban J connectivity index is 4.82. The maximum atomic E-state index is 11.7. The van der Waals surface area contributed by atoms with Crippen LogP contribution >= 0.6 is 0 Å². The molecule has 0 spiro atoms. The number of esters is 1. The highest BCUT2D eigenvalue weighted by Crippen LogP contribution is 2.23. The standard InChI is InChI=1S/C15H26O7S/c1-3-5-7-12(4-2)13(8-6-11-23(19,20)21)22-15(18)10-9-14(16)17/h9-10,12-13H,3-8,11H2,1-2H3,(H,16,17)(H,19,20,21)/b10-9-. The number of ether oxygens (including phenoxy) is 1. The van der Waals surface area contributed by atoms with Crippen LogP contribution in [0.3, 0.4) is 0 Å². The average Bonchev–Trinajstić information content (AvgIpc) is 2.44. The SMILES string of the molecule is CCCCC(CC)C(CCCS(=O)(=O)O)OC(=O)/C=C\C(=O)O. The van der Waals surface area contributed by atoms with E-state index in [-0.39, 0.29) is 12.3 Å². The van der Waals surface area contributed by atoms with Crippen LogP contribution in [0.1, 0.15) is 52.4 Å². The van der Waals surface area contributed by atoms with Gasteiger partial charge in [0.15, 0.2) is 0 Å². The number of hydrogen-bond acceptors (Lipinski definition) is 5. The Labute approximate surface area is 137 Å². The molecule has 0 saturated carbocycles. The molecule has 134 valence electrons. The quantitative estimate of drug-likeness (QED) is 0.315. The monoisotopic (exact) mass is 350 g/mol. The Bertz CT molecular complexity index is 496. The number of unbranched alkanes of at least 4 members (excludes halogenated alkanes) is 1. The summed E-state index contributed by atoms with van der Waals surface area (Å²) in [7, 11) is -4.05. The molecule has 0 saturated heterocycles. The topological polar surface area (TPSA) is 118 Å². The van der Waals surface area contributed by atoms with Gasteiger partial charge in [-0.1, -0.05) is 26.7 Å². The van der Waals surface area contributed by atoms with Crippen molar-refractivity contribution in [2.75, 3.05) is 5.75 Å². The highest BCUT2D eigenvalue weighted by Gasteiger charge is 2.23. The first-order chi connectivity index (χ1) is 10.7. The molecule has 0 aromatic heterocycles. The molecule has 0 aliphatic carbocycles. The lowest BCUT2D eigenvalue weighted by atomic mass is 9.91. The van der Waals surface area contributed by atoms with Gasteiger partial charge in [0.1, 0.15) is 6.10 Å². The zero-order chi connectivity index (χ0) is 17.9. The normalized spacial score (nSPS) is 14.6. The van der Waals surface area contributed by atoms with E-state index in [1.165, 1.54) is 0 Å². The van der Waals surface area contributed by atoms with Crippen LogP contribution in [0.15, 0.2) is 12.2 Å². The van der Waals surface area contributed by atoms with E-state index in [4.69, 9.17) is 14.4 Å². The first-order valence-corrected chi connectivity index (χ1v) is 9.37. The summed E-state index contributed by atoms with van der Waals surface area (Å²) in [5.74, 6) is -2.34. The fourth-order valence-electron chi connectivity index (χ4n) is 2.30. The van der Waals surface area contributed by atoms with E-state index < -0.39 is 33.9 Å². The summed E-state index contributed by atoms with van der Waals surface area (Å²) in [6.07, 6.45) is 5.04. The van der Waals surface area contributed by atoms with Gasteiger partial charge in [-0.25, -0.2) is 9.59 Å². The third-order valence-electron chi connectivity index (χ3n) is 3.50. The van der Waals surface area contributed by atoms with Crippen molar-refractivity contribution >= 4 is 22.1 Å². The van der Waals surface area contributed by atoms with Crippen molar-refractivity contribution in [2.24, 2.45) is 5.92 Å². The van der Waals surface area contributed by atoms with Crippen molar-refractivity contribution in [3.63, 3.8) is 0 Å². The van der Waals surface area contributed by atoms with Crippen molar-refractivity contribution < 1.29 is 32.4 Å². The van der Waals surface area contributed by atoms with Gasteiger partial charge in [0.2, 0.25) is 0 Å². The second-order valence-corrected chi connectivity index (χ2v) is 6.96. The summed E-state index contributed by atoms with van der Waals surface area (Å²) in [5.41, 5.74) is 0. The van der Waals surface area contributed by atoms with Crippen LogP contribution in [0.2, 0.25) is 0 Å². The average molecular weight is 350 g/mol. The number of carbonyl (C=O) groups is 2. The van der Waals surface area contributed by atoms with Crippen molar-refractivity contribution in [1.82, 2.24) is 0 Å². The number of rotatable bonds is 12. The van der Waals surface area contributed by atoms with Gasteiger partial charge in [-0.15, -0.1) is 0 Å². The molecule has 23 heavy (non-hydrogen) atoms. The molecule has 2 atom stereocenters. The lowest BCUT2D eigenvalue weighted by molar-refractivity contribution is -0.147. The first kappa shape index (κ1) is 21.6. The number of hydrogen-bond donors (Lipinski definition) is 2. The van der Waals surface area contributed by atoms with Gasteiger partial charge in [0, 0.05) is 12.2 Å². The molecule has 0 aromatic rings. The van der Waals surface area contributed by atoms with E-state index >= 15 is 0 Å². The van der Waals surface area contributed by atoms with Crippen LogP contribution in [-0.4, -0.2) is 41.9 Å². The third kappa shape index (κ3) is 11.8. The molecule has 2 N–H and O–H groups in total. The zero-order valence-corrected chi connectivity index (χ0v) is 14.4. The molecule has 0 rings (SSSR count). The minimum Gasteiger partial charge on any atom is -0.478 e. The molecule has 0 fully saturated rings. The predicted octanol–water partition coefficient (Wildman–Crippen LogP) is 2.42. The Morgan fingerprint density at radius 2 is 1.78 bits per heavy atom. The van der Waals surface area contributed by atoms with E-state index in [9.17, 15) is 18.0 Å². The van der Waals surface area contributed by atoms with Crippen LogP contribution in [0, 0.1) is 5.92 Å². The number of carboxylic acids is 1. The molecule has 8 heteroatoms. The molecule has 0 heterocycles. The fourth-order valence-corrected chi connectivity index (χ4v) is 2.84. The highest BCUT2D eigenvalue weighted by molar-refractivity contribution is 7.85. The number of carbonyl (C=O) groups excluding carboxylic acids is 1. The predicted molar refractivity (Wildman–Crippen MR) is 85.6 cm³/mol. The molecule has 0 aliphatic rings. The summed E-state index contributed by atoms with van der Waals surface area (Å²) >= 11 is 0. The minimum absolute atomic E-state index is 0.0681. The van der Waals surface area contributed by atoms with E-state index in [1.807, 2.05) is 13.8 Å². The fraction of sp³-hybridized carbons (Fsp3) is 0.733. The summed E-state index contributed by atoms with van der Waals surface area (Å²) in [5, 5.41) is 8.51. The van der Waals surface area contributed by atoms with Crippen LogP contribution in [0.25, 0.3) is 0 Å². The van der Waals surface area contributed by atoms with Crippen LogP contribution in [0.5, 0.6) is 0 Å². The molecular weight excluding hydrogens is 324 g/mol. The lowest BCUT2D eigenvalue weighted by Gasteiger charge is -2.26. The summed E-state index contributed by atoms with van der Waals surface area (Å²) in [6, 6.07) is 0.